The normalized spacial score (nSPS) is 10.9. The summed E-state index contributed by atoms with van der Waals surface area (Å²) < 4.78 is 2.09. The number of anilines is 1. The molecule has 0 saturated heterocycles. The molecule has 0 fully saturated rings. The number of nitrogens with one attached hydrogen (secondary N) is 1. The number of rotatable bonds is 5. The van der Waals surface area contributed by atoms with E-state index in [1.165, 1.54) is 17.1 Å². The molecule has 3 aromatic carbocycles. The van der Waals surface area contributed by atoms with Gasteiger partial charge in [0.25, 0.3) is 0 Å². The summed E-state index contributed by atoms with van der Waals surface area (Å²) in [5, 5.41) is 6.46. The van der Waals surface area contributed by atoms with Crippen molar-refractivity contribution in [2.24, 2.45) is 0 Å². The van der Waals surface area contributed by atoms with Crippen molar-refractivity contribution in [3.63, 3.8) is 0 Å². The minimum Gasteiger partial charge on any atom is -0.324 e. The van der Waals surface area contributed by atoms with Crippen LogP contribution in [0.5, 0.6) is 0 Å². The molecule has 1 heterocycles. The van der Waals surface area contributed by atoms with Gasteiger partial charge >= 0.3 is 0 Å². The van der Waals surface area contributed by atoms with Crippen molar-refractivity contribution in [1.29, 1.82) is 0 Å². The predicted molar refractivity (Wildman–Crippen MR) is 117 cm³/mol. The number of fused-ring (bicyclic) bond motifs is 1. The highest BCUT2D eigenvalue weighted by Gasteiger charge is 2.14. The van der Waals surface area contributed by atoms with Crippen molar-refractivity contribution in [3.05, 3.63) is 83.6 Å². The van der Waals surface area contributed by atoms with E-state index in [0.717, 1.165) is 21.9 Å². The molecule has 0 radical (unpaired) electrons. The molecule has 0 spiro atoms. The van der Waals surface area contributed by atoms with Gasteiger partial charge < -0.3 is 5.32 Å². The quantitative estimate of drug-likeness (QED) is 0.430. The third-order valence-electron chi connectivity index (χ3n) is 4.39. The van der Waals surface area contributed by atoms with Gasteiger partial charge in [0, 0.05) is 17.3 Å². The molecule has 0 aliphatic carbocycles. The lowest BCUT2D eigenvalue weighted by Gasteiger charge is -2.13. The molecule has 0 aliphatic rings. The fraction of sp³-hybridized carbons (Fsp3) is 0.0909. The van der Waals surface area contributed by atoms with Crippen LogP contribution in [0.3, 0.4) is 0 Å². The van der Waals surface area contributed by atoms with Crippen molar-refractivity contribution in [3.8, 4) is 5.69 Å². The number of para-hydroxylation sites is 1. The lowest BCUT2D eigenvalue weighted by molar-refractivity contribution is -0.113. The van der Waals surface area contributed by atoms with Gasteiger partial charge in [0.2, 0.25) is 5.91 Å². The number of amides is 1. The second kappa shape index (κ2) is 8.09. The Hall–Kier alpha value is -2.76. The Kier molecular flexibility index (Phi) is 5.37. The molecule has 0 bridgehead atoms. The van der Waals surface area contributed by atoms with Crippen LogP contribution in [0.25, 0.3) is 16.5 Å². The fourth-order valence-corrected chi connectivity index (χ4v) is 4.11. The van der Waals surface area contributed by atoms with E-state index in [2.05, 4.69) is 39.1 Å². The van der Waals surface area contributed by atoms with E-state index >= 15 is 0 Å². The summed E-state index contributed by atoms with van der Waals surface area (Å²) in [5.74, 6) is 0.120. The maximum atomic E-state index is 12.4. The number of imidazole rings is 1. The molecular weight excluding hydrogens is 390 g/mol. The van der Waals surface area contributed by atoms with Gasteiger partial charge in [-0.05, 0) is 30.5 Å². The molecule has 4 nitrogen and oxygen atoms in total. The van der Waals surface area contributed by atoms with Crippen LogP contribution >= 0.6 is 23.4 Å². The largest absolute Gasteiger partial charge is 0.324 e. The van der Waals surface area contributed by atoms with Crippen LogP contribution in [0.4, 0.5) is 5.69 Å². The minimum absolute atomic E-state index is 0.122. The van der Waals surface area contributed by atoms with Crippen LogP contribution in [0, 0.1) is 6.92 Å². The first-order valence-corrected chi connectivity index (χ1v) is 10.2. The van der Waals surface area contributed by atoms with Crippen molar-refractivity contribution >= 4 is 45.7 Å². The van der Waals surface area contributed by atoms with Gasteiger partial charge in [-0.25, -0.2) is 4.98 Å². The zero-order chi connectivity index (χ0) is 19.5. The number of carbonyl (C=O) groups excluding carboxylic acids is 1. The van der Waals surface area contributed by atoms with Crippen LogP contribution in [0.1, 0.15) is 5.69 Å². The topological polar surface area (TPSA) is 46.9 Å². The molecule has 0 atom stereocenters. The highest BCUT2D eigenvalue weighted by Crippen LogP contribution is 2.29. The third-order valence-corrected chi connectivity index (χ3v) is 5.68. The van der Waals surface area contributed by atoms with Gasteiger partial charge in [-0.15, -0.1) is 0 Å². The summed E-state index contributed by atoms with van der Waals surface area (Å²) in [5.41, 5.74) is 2.69. The maximum Gasteiger partial charge on any atom is 0.234 e. The number of hydrogen-bond acceptors (Lipinski definition) is 3. The van der Waals surface area contributed by atoms with Crippen LogP contribution < -0.4 is 5.32 Å². The second-order valence-corrected chi connectivity index (χ2v) is 7.68. The maximum absolute atomic E-state index is 12.4. The minimum atomic E-state index is -0.122. The Labute approximate surface area is 172 Å². The average Bonchev–Trinajstić information content (AvgIpc) is 3.08. The first kappa shape index (κ1) is 18.6. The SMILES string of the molecule is Cc1cnc(SCC(=O)Nc2ccccc2Cl)n1-c1cccc2ccccc12. The Morgan fingerprint density at radius 3 is 2.68 bits per heavy atom. The summed E-state index contributed by atoms with van der Waals surface area (Å²) in [6.07, 6.45) is 1.83. The van der Waals surface area contributed by atoms with Crippen LogP contribution in [-0.2, 0) is 4.79 Å². The molecule has 0 aliphatic heterocycles. The standard InChI is InChI=1S/C22H18ClN3OS/c1-15-13-24-22(28-14-21(27)25-19-11-5-4-10-18(19)23)26(15)20-12-6-8-16-7-2-3-9-17(16)20/h2-13H,14H2,1H3,(H,25,27). The van der Waals surface area contributed by atoms with Gasteiger partial charge in [-0.3, -0.25) is 9.36 Å². The van der Waals surface area contributed by atoms with Gasteiger partial charge in [-0.1, -0.05) is 71.9 Å². The Morgan fingerprint density at radius 1 is 1.07 bits per heavy atom. The van der Waals surface area contributed by atoms with Crippen LogP contribution in [0.2, 0.25) is 5.02 Å². The Bertz CT molecular complexity index is 1150. The number of benzene rings is 3. The van der Waals surface area contributed by atoms with Gasteiger partial charge in [0.05, 0.1) is 22.2 Å². The second-order valence-electron chi connectivity index (χ2n) is 6.33. The zero-order valence-electron chi connectivity index (χ0n) is 15.2. The third kappa shape index (κ3) is 3.77. The lowest BCUT2D eigenvalue weighted by Crippen LogP contribution is -2.15. The Morgan fingerprint density at radius 2 is 1.82 bits per heavy atom. The van der Waals surface area contributed by atoms with Crippen molar-refractivity contribution < 1.29 is 4.79 Å². The van der Waals surface area contributed by atoms with E-state index in [9.17, 15) is 4.79 Å². The first-order valence-electron chi connectivity index (χ1n) is 8.83. The van der Waals surface area contributed by atoms with E-state index in [1.54, 1.807) is 12.1 Å². The first-order chi connectivity index (χ1) is 13.6. The van der Waals surface area contributed by atoms with Crippen molar-refractivity contribution in [2.45, 2.75) is 12.1 Å². The van der Waals surface area contributed by atoms with Gasteiger partial charge in [0.15, 0.2) is 5.16 Å². The van der Waals surface area contributed by atoms with Crippen LogP contribution in [0.15, 0.2) is 78.1 Å². The number of hydrogen-bond donors (Lipinski definition) is 1. The summed E-state index contributed by atoms with van der Waals surface area (Å²) in [7, 11) is 0. The number of thioether (sulfide) groups is 1. The zero-order valence-corrected chi connectivity index (χ0v) is 16.8. The molecule has 140 valence electrons. The van der Waals surface area contributed by atoms with E-state index in [4.69, 9.17) is 11.6 Å². The van der Waals surface area contributed by atoms with Gasteiger partial charge in [0.1, 0.15) is 0 Å². The van der Waals surface area contributed by atoms with Crippen molar-refractivity contribution in [1.82, 2.24) is 9.55 Å². The average molecular weight is 408 g/mol. The molecule has 4 rings (SSSR count). The highest BCUT2D eigenvalue weighted by molar-refractivity contribution is 7.99. The fourth-order valence-electron chi connectivity index (χ4n) is 3.09. The molecule has 0 unspecified atom stereocenters. The number of nitrogens with zero attached hydrogens (tertiary/aromatic N) is 2. The lowest BCUT2D eigenvalue weighted by atomic mass is 10.1. The summed E-state index contributed by atoms with van der Waals surface area (Å²) in [6, 6.07) is 21.7. The Balaban J connectivity index is 1.57. The monoisotopic (exact) mass is 407 g/mol. The van der Waals surface area contributed by atoms with E-state index in [1.807, 2.05) is 43.5 Å². The molecule has 1 N–H and O–H groups in total. The molecular formula is C22H18ClN3OS. The smallest absolute Gasteiger partial charge is 0.234 e. The summed E-state index contributed by atoms with van der Waals surface area (Å²) in [4.78, 5) is 16.9. The molecule has 1 aromatic heterocycles. The molecule has 0 saturated carbocycles. The van der Waals surface area contributed by atoms with E-state index in [0.29, 0.717) is 10.7 Å². The number of halogens is 1. The van der Waals surface area contributed by atoms with Crippen molar-refractivity contribution in [2.75, 3.05) is 11.1 Å². The molecule has 1 amide bonds. The predicted octanol–water partition coefficient (Wildman–Crippen LogP) is 5.72. The summed E-state index contributed by atoms with van der Waals surface area (Å²) in [6.45, 7) is 2.02. The van der Waals surface area contributed by atoms with Crippen LogP contribution in [-0.4, -0.2) is 21.2 Å². The number of aromatic nitrogens is 2. The molecule has 4 aromatic rings. The number of carbonyl (C=O) groups is 1. The summed E-state index contributed by atoms with van der Waals surface area (Å²) >= 11 is 7.51. The molecule has 28 heavy (non-hydrogen) atoms. The van der Waals surface area contributed by atoms with Gasteiger partial charge in [-0.2, -0.15) is 0 Å². The highest BCUT2D eigenvalue weighted by atomic mass is 35.5. The van der Waals surface area contributed by atoms with E-state index in [-0.39, 0.29) is 11.7 Å². The molecule has 6 heteroatoms. The van der Waals surface area contributed by atoms with E-state index < -0.39 is 0 Å². The number of aryl methyl sites for hydroxylation is 1.